The number of halogens is 2. The van der Waals surface area contributed by atoms with Crippen molar-refractivity contribution in [2.24, 2.45) is 0 Å². The van der Waals surface area contributed by atoms with Crippen LogP contribution in [0.1, 0.15) is 0 Å². The average Bonchev–Trinajstić information content (AvgIpc) is 3.18. The molecule has 4 rings (SSSR count). The van der Waals surface area contributed by atoms with E-state index in [0.29, 0.717) is 29.0 Å². The van der Waals surface area contributed by atoms with Gasteiger partial charge >= 0.3 is 155 Å². The Morgan fingerprint density at radius 2 is 1.19 bits per heavy atom. The molecule has 0 saturated carbocycles. The van der Waals surface area contributed by atoms with Crippen molar-refractivity contribution in [3.63, 3.8) is 0 Å². The maximum absolute atomic E-state index is 4.55. The Bertz CT molecular complexity index is 867. The van der Waals surface area contributed by atoms with Gasteiger partial charge in [-0.1, -0.05) is 0 Å². The van der Waals surface area contributed by atoms with Gasteiger partial charge in [0.2, 0.25) is 0 Å². The molecule has 0 bridgehead atoms. The summed E-state index contributed by atoms with van der Waals surface area (Å²) in [6.07, 6.45) is 0. The Balaban J connectivity index is 1.96. The molecule has 7 heteroatoms. The van der Waals surface area contributed by atoms with E-state index in [-0.39, 0.29) is 0 Å². The number of hydrogen-bond acceptors (Lipinski definition) is 3. The summed E-state index contributed by atoms with van der Waals surface area (Å²) in [5, 5.41) is 0. The van der Waals surface area contributed by atoms with Gasteiger partial charge in [0.05, 0.1) is 0 Å². The van der Waals surface area contributed by atoms with Crippen molar-refractivity contribution in [2.45, 2.75) is 0 Å². The summed E-state index contributed by atoms with van der Waals surface area (Å²) in [6, 6.07) is 13.1. The molecule has 0 amide bonds. The number of rotatable bonds is 2. The van der Waals surface area contributed by atoms with Gasteiger partial charge in [0.25, 0.3) is 0 Å². The Hall–Kier alpha value is -0.00104. The molecule has 0 saturated heterocycles. The molecule has 0 aliphatic carbocycles. The van der Waals surface area contributed by atoms with E-state index in [9.17, 15) is 0 Å². The van der Waals surface area contributed by atoms with Crippen LogP contribution in [0, 0.1) is 0 Å². The third-order valence-corrected chi connectivity index (χ3v) is 9.64. The molecular formula is C14H6Br2N2SSe2. The standard InChI is InChI=1S/C14H6Br2N2SSe2/c15-11-5-3-9(20-11)7-1-2-8(10-4-6-12(16)21-10)14-13(7)17-19-18-14/h1-6H. The molecular weight excluding hydrogens is 546 g/mol. The summed E-state index contributed by atoms with van der Waals surface area (Å²) in [6.45, 7) is 0. The van der Waals surface area contributed by atoms with E-state index >= 15 is 0 Å². The SMILES string of the molecule is Brc1ccc(-c2ccc(-c3ccc(Br)[se]3)c3nsnc23)[se]1. The van der Waals surface area contributed by atoms with Crippen LogP contribution in [0.4, 0.5) is 0 Å². The van der Waals surface area contributed by atoms with Crippen molar-refractivity contribution in [3.8, 4) is 20.0 Å². The third-order valence-electron chi connectivity index (χ3n) is 3.09. The number of fused-ring (bicyclic) bond motifs is 1. The summed E-state index contributed by atoms with van der Waals surface area (Å²) in [5.41, 5.74) is 4.54. The van der Waals surface area contributed by atoms with Crippen LogP contribution in [-0.4, -0.2) is 37.8 Å². The summed E-state index contributed by atoms with van der Waals surface area (Å²) in [5.74, 6) is 0. The van der Waals surface area contributed by atoms with E-state index < -0.39 is 0 Å². The number of aromatic nitrogens is 2. The molecule has 0 spiro atoms. The van der Waals surface area contributed by atoms with Crippen LogP contribution in [0.2, 0.25) is 0 Å². The van der Waals surface area contributed by atoms with Crippen molar-refractivity contribution in [1.29, 1.82) is 0 Å². The van der Waals surface area contributed by atoms with Crippen molar-refractivity contribution >= 4 is 83.6 Å². The van der Waals surface area contributed by atoms with Gasteiger partial charge in [-0.15, -0.1) is 0 Å². The fourth-order valence-corrected chi connectivity index (χ4v) is 8.01. The van der Waals surface area contributed by atoms with E-state index in [1.54, 1.807) is 0 Å². The molecule has 0 aliphatic heterocycles. The molecule has 0 unspecified atom stereocenters. The van der Waals surface area contributed by atoms with Crippen LogP contribution in [0.25, 0.3) is 31.0 Å². The quantitative estimate of drug-likeness (QED) is 0.339. The normalized spacial score (nSPS) is 11.3. The molecule has 3 heterocycles. The average molecular weight is 552 g/mol. The molecule has 3 aromatic heterocycles. The Kier molecular flexibility index (Phi) is 4.09. The first-order chi connectivity index (χ1) is 10.2. The van der Waals surface area contributed by atoms with Crippen molar-refractivity contribution in [3.05, 3.63) is 43.1 Å². The zero-order valence-corrected chi connectivity index (χ0v) is 17.8. The van der Waals surface area contributed by atoms with Gasteiger partial charge in [0, 0.05) is 0 Å². The molecule has 4 aromatic rings. The van der Waals surface area contributed by atoms with E-state index in [1.165, 1.54) is 38.4 Å². The van der Waals surface area contributed by atoms with Gasteiger partial charge in [0.1, 0.15) is 0 Å². The molecule has 0 radical (unpaired) electrons. The van der Waals surface area contributed by atoms with Crippen LogP contribution >= 0.6 is 43.6 Å². The van der Waals surface area contributed by atoms with E-state index in [2.05, 4.69) is 77.0 Å². The zero-order chi connectivity index (χ0) is 14.4. The fourth-order valence-electron chi connectivity index (χ4n) is 2.18. The molecule has 0 atom stereocenters. The summed E-state index contributed by atoms with van der Waals surface area (Å²) < 4.78 is 14.4. The Morgan fingerprint density at radius 3 is 1.57 bits per heavy atom. The predicted octanol–water partition coefficient (Wildman–Crippen LogP) is 4.66. The van der Waals surface area contributed by atoms with Gasteiger partial charge in [0.15, 0.2) is 0 Å². The topological polar surface area (TPSA) is 25.8 Å². The maximum atomic E-state index is 4.55. The minimum absolute atomic E-state index is 0.346. The summed E-state index contributed by atoms with van der Waals surface area (Å²) in [7, 11) is 0. The second-order valence-corrected chi connectivity index (χ2v) is 13.5. The third kappa shape index (κ3) is 2.70. The van der Waals surface area contributed by atoms with Crippen LogP contribution in [0.15, 0.2) is 43.1 Å². The van der Waals surface area contributed by atoms with Crippen LogP contribution in [-0.2, 0) is 0 Å². The van der Waals surface area contributed by atoms with Gasteiger partial charge < -0.3 is 0 Å². The van der Waals surface area contributed by atoms with Gasteiger partial charge in [-0.3, -0.25) is 0 Å². The second-order valence-electron chi connectivity index (χ2n) is 4.33. The molecule has 0 fully saturated rings. The number of nitrogens with zero attached hydrogens (tertiary/aromatic N) is 2. The van der Waals surface area contributed by atoms with Crippen LogP contribution < -0.4 is 0 Å². The van der Waals surface area contributed by atoms with Gasteiger partial charge in [-0.25, -0.2) is 0 Å². The zero-order valence-electron chi connectivity index (χ0n) is 10.3. The first kappa shape index (κ1) is 14.6. The monoisotopic (exact) mass is 552 g/mol. The van der Waals surface area contributed by atoms with Crippen LogP contribution in [0.3, 0.4) is 0 Å². The molecule has 104 valence electrons. The molecule has 0 aliphatic rings. The summed E-state index contributed by atoms with van der Waals surface area (Å²) >= 11 is 9.18. The number of benzene rings is 1. The number of hydrogen-bond donors (Lipinski definition) is 0. The molecule has 1 aromatic carbocycles. The molecule has 21 heavy (non-hydrogen) atoms. The van der Waals surface area contributed by atoms with E-state index in [0.717, 1.165) is 11.0 Å². The van der Waals surface area contributed by atoms with Gasteiger partial charge in [-0.05, 0) is 0 Å². The first-order valence-electron chi connectivity index (χ1n) is 5.99. The Labute approximate surface area is 154 Å². The minimum atomic E-state index is 0.346. The van der Waals surface area contributed by atoms with Crippen LogP contribution in [0.5, 0.6) is 0 Å². The van der Waals surface area contributed by atoms with Crippen molar-refractivity contribution in [2.75, 3.05) is 0 Å². The molecule has 2 nitrogen and oxygen atoms in total. The fraction of sp³-hybridized carbons (Fsp3) is 0. The predicted molar refractivity (Wildman–Crippen MR) is 97.6 cm³/mol. The summed E-state index contributed by atoms with van der Waals surface area (Å²) in [4.78, 5) is 0. The van der Waals surface area contributed by atoms with Crippen molar-refractivity contribution < 1.29 is 0 Å². The van der Waals surface area contributed by atoms with Crippen molar-refractivity contribution in [1.82, 2.24) is 8.75 Å². The van der Waals surface area contributed by atoms with E-state index in [4.69, 9.17) is 0 Å². The first-order valence-corrected chi connectivity index (χ1v) is 11.7. The second kappa shape index (κ2) is 5.89. The van der Waals surface area contributed by atoms with E-state index in [1.807, 2.05) is 0 Å². The Morgan fingerprint density at radius 1 is 0.714 bits per heavy atom. The van der Waals surface area contributed by atoms with Gasteiger partial charge in [-0.2, -0.15) is 0 Å². The molecule has 0 N–H and O–H groups in total.